The summed E-state index contributed by atoms with van der Waals surface area (Å²) in [5, 5.41) is 0. The molecule has 0 aliphatic carbocycles. The van der Waals surface area contributed by atoms with E-state index in [2.05, 4.69) is 130 Å². The standard InChI is InChI=1S/C36H74Si3/c1-31(2)22-18-16-15-17-19-23-35(33(4)29-38(9,10)11)24-20-21-25-36(34(5)30-39(12,13)14)27-26-32(3)28-37(6,7)8/h20-21,24-27,31-36H,15-19,22-23,28-30H2,1-14H3/b24-20+,25-21+,27-26+. The number of allylic oxidation sites excluding steroid dienone is 6. The summed E-state index contributed by atoms with van der Waals surface area (Å²) in [5.74, 6) is 4.34. The van der Waals surface area contributed by atoms with Crippen LogP contribution in [0.4, 0.5) is 0 Å². The molecule has 0 amide bonds. The minimum Gasteiger partial charge on any atom is -0.0854 e. The maximum Gasteiger partial charge on any atom is 0.0448 e. The summed E-state index contributed by atoms with van der Waals surface area (Å²) in [6.07, 6.45) is 24.9. The van der Waals surface area contributed by atoms with Crippen molar-refractivity contribution in [2.45, 2.75) is 157 Å². The van der Waals surface area contributed by atoms with Crippen molar-refractivity contribution in [3.8, 4) is 0 Å². The van der Waals surface area contributed by atoms with Crippen LogP contribution in [0.25, 0.3) is 0 Å². The number of unbranched alkanes of at least 4 members (excludes halogenated alkanes) is 4. The van der Waals surface area contributed by atoms with Crippen LogP contribution in [0.1, 0.15) is 79.6 Å². The molecule has 5 unspecified atom stereocenters. The van der Waals surface area contributed by atoms with E-state index in [-0.39, 0.29) is 0 Å². The molecule has 3 heteroatoms. The molecule has 0 saturated carbocycles. The molecule has 0 aromatic heterocycles. The highest BCUT2D eigenvalue weighted by atomic mass is 28.3. The van der Waals surface area contributed by atoms with Crippen LogP contribution in [0.15, 0.2) is 36.5 Å². The van der Waals surface area contributed by atoms with Gasteiger partial charge in [-0.05, 0) is 41.9 Å². The highest BCUT2D eigenvalue weighted by molar-refractivity contribution is 6.76. The van der Waals surface area contributed by atoms with E-state index >= 15 is 0 Å². The Morgan fingerprint density at radius 1 is 0.462 bits per heavy atom. The highest BCUT2D eigenvalue weighted by Gasteiger charge is 2.23. The van der Waals surface area contributed by atoms with E-state index in [9.17, 15) is 0 Å². The Morgan fingerprint density at radius 2 is 0.923 bits per heavy atom. The molecule has 0 nitrogen and oxygen atoms in total. The first kappa shape index (κ1) is 38.9. The minimum atomic E-state index is -1.09. The van der Waals surface area contributed by atoms with Gasteiger partial charge in [0.1, 0.15) is 0 Å². The van der Waals surface area contributed by atoms with Crippen molar-refractivity contribution in [2.75, 3.05) is 0 Å². The zero-order chi connectivity index (χ0) is 30.3. The van der Waals surface area contributed by atoms with Gasteiger partial charge in [-0.1, -0.05) is 187 Å². The quantitative estimate of drug-likeness (QED) is 0.0539. The molecular weight excluding hydrogens is 517 g/mol. The summed E-state index contributed by atoms with van der Waals surface area (Å²) in [4.78, 5) is 0. The fourth-order valence-electron chi connectivity index (χ4n) is 6.45. The van der Waals surface area contributed by atoms with Crippen molar-refractivity contribution in [3.05, 3.63) is 36.5 Å². The average Bonchev–Trinajstić information content (AvgIpc) is 2.72. The zero-order valence-corrected chi connectivity index (χ0v) is 32.5. The van der Waals surface area contributed by atoms with Crippen LogP contribution >= 0.6 is 0 Å². The second-order valence-electron chi connectivity index (χ2n) is 17.4. The molecule has 0 aliphatic rings. The lowest BCUT2D eigenvalue weighted by Gasteiger charge is -2.27. The Morgan fingerprint density at radius 3 is 1.44 bits per heavy atom. The lowest BCUT2D eigenvalue weighted by atomic mass is 9.89. The van der Waals surface area contributed by atoms with Gasteiger partial charge < -0.3 is 0 Å². The van der Waals surface area contributed by atoms with Crippen LogP contribution < -0.4 is 0 Å². The molecule has 0 aromatic rings. The molecule has 0 spiro atoms. The molecule has 5 atom stereocenters. The molecule has 0 bridgehead atoms. The molecule has 0 saturated heterocycles. The molecule has 0 fully saturated rings. The third kappa shape index (κ3) is 24.2. The molecule has 0 rings (SSSR count). The first-order valence-electron chi connectivity index (χ1n) is 16.8. The smallest absolute Gasteiger partial charge is 0.0448 e. The first-order chi connectivity index (χ1) is 17.8. The number of hydrogen-bond acceptors (Lipinski definition) is 0. The monoisotopic (exact) mass is 591 g/mol. The Labute approximate surface area is 252 Å². The van der Waals surface area contributed by atoms with E-state index in [1.54, 1.807) is 0 Å². The van der Waals surface area contributed by atoms with Crippen LogP contribution in [0.5, 0.6) is 0 Å². The lowest BCUT2D eigenvalue weighted by molar-refractivity contribution is 0.408. The van der Waals surface area contributed by atoms with E-state index in [1.165, 1.54) is 63.1 Å². The maximum atomic E-state index is 2.58. The molecule has 0 aliphatic heterocycles. The van der Waals surface area contributed by atoms with Crippen LogP contribution in [-0.2, 0) is 0 Å². The SMILES string of the molecule is CC(C)CCCCCCCC(/C=C/C=C/C(/C=C/C(C)C[Si](C)(C)C)C(C)C[Si](C)(C)C)C(C)C[Si](C)(C)C. The maximum absolute atomic E-state index is 2.58. The summed E-state index contributed by atoms with van der Waals surface area (Å²) in [5.41, 5.74) is 0. The minimum absolute atomic E-state index is 0.550. The molecule has 230 valence electrons. The van der Waals surface area contributed by atoms with Gasteiger partial charge in [-0.25, -0.2) is 0 Å². The molecule has 39 heavy (non-hydrogen) atoms. The third-order valence-corrected chi connectivity index (χ3v) is 13.6. The van der Waals surface area contributed by atoms with Crippen LogP contribution in [0.3, 0.4) is 0 Å². The predicted octanol–water partition coefficient (Wildman–Crippen LogP) is 13.2. The topological polar surface area (TPSA) is 0 Å². The van der Waals surface area contributed by atoms with Gasteiger partial charge >= 0.3 is 0 Å². The lowest BCUT2D eigenvalue weighted by Crippen LogP contribution is -2.26. The van der Waals surface area contributed by atoms with Crippen molar-refractivity contribution < 1.29 is 0 Å². The summed E-state index contributed by atoms with van der Waals surface area (Å²) >= 11 is 0. The zero-order valence-electron chi connectivity index (χ0n) is 29.5. The summed E-state index contributed by atoms with van der Waals surface area (Å²) < 4.78 is 0. The van der Waals surface area contributed by atoms with E-state index in [4.69, 9.17) is 0 Å². The Balaban J connectivity index is 5.39. The van der Waals surface area contributed by atoms with Gasteiger partial charge in [-0.15, -0.1) is 0 Å². The van der Waals surface area contributed by atoms with Gasteiger partial charge in [-0.2, -0.15) is 0 Å². The van der Waals surface area contributed by atoms with Gasteiger partial charge in [0.2, 0.25) is 0 Å². The highest BCUT2D eigenvalue weighted by Crippen LogP contribution is 2.30. The van der Waals surface area contributed by atoms with Gasteiger partial charge in [0, 0.05) is 24.2 Å². The second kappa shape index (κ2) is 19.1. The summed E-state index contributed by atoms with van der Waals surface area (Å²) in [7, 11) is -3.17. The van der Waals surface area contributed by atoms with Gasteiger partial charge in [0.25, 0.3) is 0 Å². The molecular formula is C36H74Si3. The van der Waals surface area contributed by atoms with Crippen LogP contribution in [0, 0.1) is 35.5 Å². The molecule has 0 N–H and O–H groups in total. The second-order valence-corrected chi connectivity index (χ2v) is 33.9. The number of rotatable bonds is 21. The van der Waals surface area contributed by atoms with Crippen LogP contribution in [0.2, 0.25) is 77.1 Å². The first-order valence-corrected chi connectivity index (χ1v) is 27.9. The van der Waals surface area contributed by atoms with Crippen molar-refractivity contribution in [1.82, 2.24) is 0 Å². The fraction of sp³-hybridized carbons (Fsp3) is 0.833. The fourth-order valence-corrected chi connectivity index (χ4v) is 13.0. The molecule has 0 radical (unpaired) electrons. The normalized spacial score (nSPS) is 17.9. The van der Waals surface area contributed by atoms with Gasteiger partial charge in [0.05, 0.1) is 0 Å². The Kier molecular flexibility index (Phi) is 19.1. The van der Waals surface area contributed by atoms with Crippen LogP contribution in [-0.4, -0.2) is 24.2 Å². The Bertz CT molecular complexity index is 696. The largest absolute Gasteiger partial charge is 0.0854 e. The van der Waals surface area contributed by atoms with Crippen molar-refractivity contribution in [2.24, 2.45) is 35.5 Å². The summed E-state index contributed by atoms with van der Waals surface area (Å²) in [6.45, 7) is 34.8. The van der Waals surface area contributed by atoms with Gasteiger partial charge in [0.15, 0.2) is 0 Å². The van der Waals surface area contributed by atoms with E-state index < -0.39 is 24.2 Å². The van der Waals surface area contributed by atoms with Crippen molar-refractivity contribution >= 4 is 24.2 Å². The van der Waals surface area contributed by atoms with E-state index in [0.717, 1.165) is 17.8 Å². The molecule has 0 aromatic carbocycles. The number of hydrogen-bond donors (Lipinski definition) is 0. The van der Waals surface area contributed by atoms with E-state index in [0.29, 0.717) is 17.8 Å². The molecule has 0 heterocycles. The summed E-state index contributed by atoms with van der Waals surface area (Å²) in [6, 6.07) is 4.22. The van der Waals surface area contributed by atoms with Crippen molar-refractivity contribution in [1.29, 1.82) is 0 Å². The van der Waals surface area contributed by atoms with Crippen molar-refractivity contribution in [3.63, 3.8) is 0 Å². The Hall–Kier alpha value is -0.129. The van der Waals surface area contributed by atoms with Gasteiger partial charge in [-0.3, -0.25) is 0 Å². The van der Waals surface area contributed by atoms with E-state index in [1.807, 2.05) is 0 Å². The third-order valence-electron chi connectivity index (χ3n) is 7.97. The average molecular weight is 591 g/mol. The predicted molar refractivity (Wildman–Crippen MR) is 194 cm³/mol.